The number of rotatable bonds is 3. The van der Waals surface area contributed by atoms with Crippen molar-refractivity contribution in [3.8, 4) is 33.4 Å². The maximum Gasteiger partial charge on any atom is -0.00923 e. The highest BCUT2D eigenvalue weighted by atomic mass is 14.2. The maximum atomic E-state index is 2.44. The molecule has 44 heavy (non-hydrogen) atoms. The summed E-state index contributed by atoms with van der Waals surface area (Å²) in [6, 6.07) is 62.3. The van der Waals surface area contributed by atoms with Crippen molar-refractivity contribution in [2.24, 2.45) is 0 Å². The minimum absolute atomic E-state index is 1.23. The van der Waals surface area contributed by atoms with Crippen LogP contribution in [0.15, 0.2) is 170 Å². The molecular weight excluding hydrogens is 528 g/mol. The van der Waals surface area contributed by atoms with Crippen molar-refractivity contribution >= 4 is 53.9 Å². The lowest BCUT2D eigenvalue weighted by Gasteiger charge is -2.18. The summed E-state index contributed by atoms with van der Waals surface area (Å²) in [7, 11) is 0. The predicted molar refractivity (Wildman–Crippen MR) is 190 cm³/mol. The first-order valence-electron chi connectivity index (χ1n) is 15.3. The lowest BCUT2D eigenvalue weighted by molar-refractivity contribution is 1.61. The molecule has 0 aromatic heterocycles. The minimum Gasteiger partial charge on any atom is -0.0622 e. The van der Waals surface area contributed by atoms with E-state index in [1.54, 1.807) is 0 Å². The molecule has 9 rings (SSSR count). The highest BCUT2D eigenvalue weighted by Gasteiger charge is 2.16. The van der Waals surface area contributed by atoms with E-state index >= 15 is 0 Å². The van der Waals surface area contributed by atoms with Crippen LogP contribution in [0.25, 0.3) is 87.2 Å². The summed E-state index contributed by atoms with van der Waals surface area (Å²) in [5, 5.41) is 12.8. The molecule has 204 valence electrons. The van der Waals surface area contributed by atoms with Crippen LogP contribution in [0.1, 0.15) is 0 Å². The maximum absolute atomic E-state index is 2.44. The summed E-state index contributed by atoms with van der Waals surface area (Å²) in [5.74, 6) is 0. The topological polar surface area (TPSA) is 0 Å². The van der Waals surface area contributed by atoms with Gasteiger partial charge < -0.3 is 0 Å². The highest BCUT2D eigenvalue weighted by molar-refractivity contribution is 6.25. The van der Waals surface area contributed by atoms with Crippen molar-refractivity contribution in [1.82, 2.24) is 0 Å². The van der Waals surface area contributed by atoms with Crippen molar-refractivity contribution in [2.45, 2.75) is 0 Å². The zero-order valence-electron chi connectivity index (χ0n) is 24.2. The quantitative estimate of drug-likeness (QED) is 0.190. The summed E-state index contributed by atoms with van der Waals surface area (Å²) >= 11 is 0. The molecule has 0 saturated carbocycles. The normalized spacial score (nSPS) is 11.6. The summed E-state index contributed by atoms with van der Waals surface area (Å²) in [4.78, 5) is 0. The number of fused-ring (bicyclic) bond motifs is 8. The van der Waals surface area contributed by atoms with Gasteiger partial charge in [0.2, 0.25) is 0 Å². The van der Waals surface area contributed by atoms with Gasteiger partial charge in [0.05, 0.1) is 0 Å². The number of benzene rings is 9. The van der Waals surface area contributed by atoms with Crippen LogP contribution in [0.5, 0.6) is 0 Å². The van der Waals surface area contributed by atoms with Crippen LogP contribution in [-0.2, 0) is 0 Å². The third-order valence-electron chi connectivity index (χ3n) is 9.24. The molecule has 0 atom stereocenters. The van der Waals surface area contributed by atoms with Crippen molar-refractivity contribution < 1.29 is 0 Å². The van der Waals surface area contributed by atoms with Crippen LogP contribution in [0, 0.1) is 0 Å². The zero-order chi connectivity index (χ0) is 29.0. The molecule has 9 aromatic rings. The summed E-state index contributed by atoms with van der Waals surface area (Å²) in [5.41, 5.74) is 7.53. The van der Waals surface area contributed by atoms with Crippen molar-refractivity contribution in [3.05, 3.63) is 170 Å². The Morgan fingerprint density at radius 2 is 0.591 bits per heavy atom. The van der Waals surface area contributed by atoms with E-state index in [1.165, 1.54) is 87.2 Å². The summed E-state index contributed by atoms with van der Waals surface area (Å²) < 4.78 is 0. The Balaban J connectivity index is 1.34. The summed E-state index contributed by atoms with van der Waals surface area (Å²) in [6.45, 7) is 0. The van der Waals surface area contributed by atoms with E-state index in [1.807, 2.05) is 0 Å². The van der Waals surface area contributed by atoms with Crippen LogP contribution in [0.4, 0.5) is 0 Å². The van der Waals surface area contributed by atoms with Gasteiger partial charge in [-0.25, -0.2) is 0 Å². The first kappa shape index (κ1) is 24.8. The fourth-order valence-electron chi connectivity index (χ4n) is 7.16. The minimum atomic E-state index is 1.23. The smallest absolute Gasteiger partial charge is 0.00923 e. The van der Waals surface area contributed by atoms with Crippen molar-refractivity contribution in [3.63, 3.8) is 0 Å². The van der Waals surface area contributed by atoms with Crippen LogP contribution < -0.4 is 0 Å². The molecule has 0 radical (unpaired) electrons. The van der Waals surface area contributed by atoms with Gasteiger partial charge in [-0.1, -0.05) is 152 Å². The molecule has 0 aliphatic heterocycles. The molecule has 0 aliphatic rings. The fraction of sp³-hybridized carbons (Fsp3) is 0. The molecule has 0 amide bonds. The van der Waals surface area contributed by atoms with Crippen LogP contribution >= 0.6 is 0 Å². The Hall–Kier alpha value is -5.72. The van der Waals surface area contributed by atoms with E-state index < -0.39 is 0 Å². The molecule has 0 saturated heterocycles. The number of hydrogen-bond donors (Lipinski definition) is 0. The van der Waals surface area contributed by atoms with Gasteiger partial charge in [0, 0.05) is 0 Å². The molecular formula is C44H28. The van der Waals surface area contributed by atoms with Gasteiger partial charge in [0.25, 0.3) is 0 Å². The first-order valence-corrected chi connectivity index (χ1v) is 15.3. The van der Waals surface area contributed by atoms with Gasteiger partial charge in [-0.15, -0.1) is 0 Å². The van der Waals surface area contributed by atoms with Crippen molar-refractivity contribution in [2.75, 3.05) is 0 Å². The van der Waals surface area contributed by atoms with E-state index in [9.17, 15) is 0 Å². The Morgan fingerprint density at radius 3 is 1.20 bits per heavy atom. The Kier molecular flexibility index (Phi) is 5.61. The van der Waals surface area contributed by atoms with Crippen LogP contribution in [0.2, 0.25) is 0 Å². The molecule has 0 heteroatoms. The molecule has 0 N–H and O–H groups in total. The average Bonchev–Trinajstić information content (AvgIpc) is 3.11. The molecule has 0 unspecified atom stereocenters. The van der Waals surface area contributed by atoms with E-state index in [0.717, 1.165) is 0 Å². The van der Waals surface area contributed by atoms with E-state index in [2.05, 4.69) is 170 Å². The van der Waals surface area contributed by atoms with Crippen LogP contribution in [-0.4, -0.2) is 0 Å². The number of hydrogen-bond acceptors (Lipinski definition) is 0. The van der Waals surface area contributed by atoms with Gasteiger partial charge in [0.1, 0.15) is 0 Å². The van der Waals surface area contributed by atoms with E-state index in [0.29, 0.717) is 0 Å². The van der Waals surface area contributed by atoms with Gasteiger partial charge in [-0.3, -0.25) is 0 Å². The molecule has 0 heterocycles. The second kappa shape index (κ2) is 9.93. The Labute approximate surface area is 256 Å². The SMILES string of the molecule is c1ccc(-c2ccc(-c3cc4c5ccccc5c(-c5cc6ccccc6c6ccccc56)cc4c4ccccc34)cc2)cc1. The van der Waals surface area contributed by atoms with E-state index in [4.69, 9.17) is 0 Å². The molecule has 0 spiro atoms. The van der Waals surface area contributed by atoms with Crippen molar-refractivity contribution in [1.29, 1.82) is 0 Å². The molecule has 0 fully saturated rings. The highest BCUT2D eigenvalue weighted by Crippen LogP contribution is 2.44. The van der Waals surface area contributed by atoms with Gasteiger partial charge >= 0.3 is 0 Å². The largest absolute Gasteiger partial charge is 0.0622 e. The monoisotopic (exact) mass is 556 g/mol. The lowest BCUT2D eigenvalue weighted by atomic mass is 9.86. The van der Waals surface area contributed by atoms with Gasteiger partial charge in [-0.05, 0) is 105 Å². The predicted octanol–water partition coefficient (Wildman–Crippen LogP) is 12.5. The third kappa shape index (κ3) is 3.85. The lowest BCUT2D eigenvalue weighted by Crippen LogP contribution is -1.90. The van der Waals surface area contributed by atoms with Crippen LogP contribution in [0.3, 0.4) is 0 Å². The molecule has 9 aromatic carbocycles. The van der Waals surface area contributed by atoms with Gasteiger partial charge in [-0.2, -0.15) is 0 Å². The Morgan fingerprint density at radius 1 is 0.205 bits per heavy atom. The molecule has 0 bridgehead atoms. The molecule has 0 aliphatic carbocycles. The standard InChI is InChI=1S/C44H28/c1-2-12-29(13-3-1)30-22-24-31(25-23-30)40-27-42-38-20-10-11-21-39(38)43(28-44(42)37-19-9-7-17-35(37)40)41-26-32-14-4-5-15-33(32)34-16-6-8-18-36(34)41/h1-28H. The third-order valence-corrected chi connectivity index (χ3v) is 9.24. The second-order valence-electron chi connectivity index (χ2n) is 11.7. The zero-order valence-corrected chi connectivity index (χ0v) is 24.2. The van der Waals surface area contributed by atoms with Gasteiger partial charge in [0.15, 0.2) is 0 Å². The average molecular weight is 557 g/mol. The first-order chi connectivity index (χ1) is 21.8. The van der Waals surface area contributed by atoms with E-state index in [-0.39, 0.29) is 0 Å². The molecule has 0 nitrogen and oxygen atoms in total. The fourth-order valence-corrected chi connectivity index (χ4v) is 7.16. The summed E-state index contributed by atoms with van der Waals surface area (Å²) in [6.07, 6.45) is 0. The Bertz CT molecular complexity index is 2520. The second-order valence-corrected chi connectivity index (χ2v) is 11.7.